The summed E-state index contributed by atoms with van der Waals surface area (Å²) < 4.78 is 5.19. The zero-order valence-electron chi connectivity index (χ0n) is 20.9. The van der Waals surface area contributed by atoms with Gasteiger partial charge < -0.3 is 26.0 Å². The molecular formula is C27H35N5O4. The second-order valence-corrected chi connectivity index (χ2v) is 9.60. The van der Waals surface area contributed by atoms with Crippen LogP contribution in [0.4, 0.5) is 10.5 Å². The topological polar surface area (TPSA) is 117 Å². The maximum Gasteiger partial charge on any atom is 0.323 e. The number of nitrogens with zero attached hydrogens (tertiary/aromatic N) is 2. The molecule has 0 bridgehead atoms. The van der Waals surface area contributed by atoms with Crippen LogP contribution in [0.15, 0.2) is 48.5 Å². The Balaban J connectivity index is 1.51. The Hall–Kier alpha value is -3.59. The molecular weight excluding hydrogens is 458 g/mol. The second kappa shape index (κ2) is 11.4. The van der Waals surface area contributed by atoms with Crippen molar-refractivity contribution in [3.63, 3.8) is 0 Å². The number of anilines is 1. The van der Waals surface area contributed by atoms with E-state index in [2.05, 4.69) is 10.6 Å². The Morgan fingerprint density at radius 3 is 2.36 bits per heavy atom. The number of ether oxygens (including phenoxy) is 1. The molecule has 4 rings (SSSR count). The van der Waals surface area contributed by atoms with E-state index in [4.69, 9.17) is 10.5 Å². The molecule has 4 N–H and O–H groups in total. The van der Waals surface area contributed by atoms with E-state index in [1.54, 1.807) is 25.3 Å². The van der Waals surface area contributed by atoms with Gasteiger partial charge in [0.05, 0.1) is 13.5 Å². The van der Waals surface area contributed by atoms with Crippen molar-refractivity contribution in [2.45, 2.75) is 57.3 Å². The van der Waals surface area contributed by atoms with Crippen LogP contribution in [-0.4, -0.2) is 66.1 Å². The van der Waals surface area contributed by atoms with E-state index in [0.29, 0.717) is 11.4 Å². The first-order chi connectivity index (χ1) is 17.3. The van der Waals surface area contributed by atoms with Crippen molar-refractivity contribution >= 4 is 23.5 Å². The first-order valence-corrected chi connectivity index (χ1v) is 12.5. The van der Waals surface area contributed by atoms with Crippen molar-refractivity contribution in [3.8, 4) is 5.75 Å². The number of nitrogens with two attached hydrogens (primary N) is 1. The molecule has 4 amide bonds. The molecule has 1 saturated heterocycles. The van der Waals surface area contributed by atoms with Crippen molar-refractivity contribution in [1.82, 2.24) is 15.1 Å². The number of amides is 4. The predicted octanol–water partition coefficient (Wildman–Crippen LogP) is 2.63. The molecule has 0 radical (unpaired) electrons. The standard InChI is InChI=1S/C27H35N5O4/c1-18-4-3-5-22(16-18)30-27(35)32-15-14-31(24(33)17-19-6-12-23(36-2)13-7-19)26(32)25(34)29-21-10-8-20(28)9-11-21/h3-7,12-13,16,20-21,26H,8-11,14-15,17,28H2,1-2H3,(H,29,34)(H,30,35). The summed E-state index contributed by atoms with van der Waals surface area (Å²) in [5, 5.41) is 5.96. The van der Waals surface area contributed by atoms with Crippen LogP contribution in [-0.2, 0) is 16.0 Å². The lowest BCUT2D eigenvalue weighted by Crippen LogP contribution is -2.57. The largest absolute Gasteiger partial charge is 0.497 e. The SMILES string of the molecule is COc1ccc(CC(=O)N2CCN(C(=O)Nc3cccc(C)c3)C2C(=O)NC2CCC(N)CC2)cc1. The molecule has 0 aromatic heterocycles. The van der Waals surface area contributed by atoms with E-state index < -0.39 is 12.2 Å². The van der Waals surface area contributed by atoms with Crippen molar-refractivity contribution in [2.75, 3.05) is 25.5 Å². The number of carbonyl (C=O) groups is 3. The van der Waals surface area contributed by atoms with Crippen LogP contribution in [0.5, 0.6) is 5.75 Å². The quantitative estimate of drug-likeness (QED) is 0.572. The molecule has 192 valence electrons. The van der Waals surface area contributed by atoms with Gasteiger partial charge in [0.15, 0.2) is 6.17 Å². The predicted molar refractivity (Wildman–Crippen MR) is 137 cm³/mol. The third-order valence-corrected chi connectivity index (χ3v) is 6.89. The number of nitrogens with one attached hydrogen (secondary N) is 2. The normalized spacial score (nSPS) is 21.7. The number of hydrogen-bond donors (Lipinski definition) is 3. The van der Waals surface area contributed by atoms with Crippen LogP contribution >= 0.6 is 0 Å². The molecule has 1 saturated carbocycles. The first kappa shape index (κ1) is 25.5. The second-order valence-electron chi connectivity index (χ2n) is 9.60. The third-order valence-electron chi connectivity index (χ3n) is 6.89. The summed E-state index contributed by atoms with van der Waals surface area (Å²) in [7, 11) is 1.59. The molecule has 2 aliphatic rings. The monoisotopic (exact) mass is 493 g/mol. The van der Waals surface area contributed by atoms with Crippen LogP contribution in [0.2, 0.25) is 0 Å². The lowest BCUT2D eigenvalue weighted by atomic mass is 9.92. The molecule has 9 nitrogen and oxygen atoms in total. The van der Waals surface area contributed by atoms with E-state index >= 15 is 0 Å². The highest BCUT2D eigenvalue weighted by Crippen LogP contribution is 2.22. The van der Waals surface area contributed by atoms with Crippen LogP contribution in [0, 0.1) is 6.92 Å². The van der Waals surface area contributed by atoms with Crippen molar-refractivity contribution in [2.24, 2.45) is 5.73 Å². The minimum absolute atomic E-state index is 0.0156. The number of carbonyl (C=O) groups excluding carboxylic acids is 3. The van der Waals surface area contributed by atoms with Gasteiger partial charge in [-0.25, -0.2) is 4.79 Å². The van der Waals surface area contributed by atoms with Gasteiger partial charge in [-0.15, -0.1) is 0 Å². The van der Waals surface area contributed by atoms with Gasteiger partial charge in [0.25, 0.3) is 5.91 Å². The summed E-state index contributed by atoms with van der Waals surface area (Å²) in [6.45, 7) is 2.49. The van der Waals surface area contributed by atoms with Crippen molar-refractivity contribution in [1.29, 1.82) is 0 Å². The Kier molecular flexibility index (Phi) is 8.10. The zero-order chi connectivity index (χ0) is 25.7. The summed E-state index contributed by atoms with van der Waals surface area (Å²) >= 11 is 0. The maximum atomic E-state index is 13.5. The molecule has 0 spiro atoms. The van der Waals surface area contributed by atoms with E-state index in [0.717, 1.165) is 36.8 Å². The molecule has 2 aromatic carbocycles. The van der Waals surface area contributed by atoms with E-state index in [1.807, 2.05) is 37.3 Å². The number of benzene rings is 2. The van der Waals surface area contributed by atoms with Crippen LogP contribution < -0.4 is 21.1 Å². The van der Waals surface area contributed by atoms with Gasteiger partial charge >= 0.3 is 6.03 Å². The summed E-state index contributed by atoms with van der Waals surface area (Å²) in [5.41, 5.74) is 8.48. The summed E-state index contributed by atoms with van der Waals surface area (Å²) in [5.74, 6) is 0.156. The highest BCUT2D eigenvalue weighted by atomic mass is 16.5. The first-order valence-electron chi connectivity index (χ1n) is 12.5. The van der Waals surface area contributed by atoms with Gasteiger partial charge in [0, 0.05) is 30.9 Å². The fraction of sp³-hybridized carbons (Fsp3) is 0.444. The Bertz CT molecular complexity index is 1080. The minimum atomic E-state index is -1.02. The van der Waals surface area contributed by atoms with Gasteiger partial charge in [-0.2, -0.15) is 0 Å². The molecule has 2 aromatic rings. The van der Waals surface area contributed by atoms with Gasteiger partial charge in [0.1, 0.15) is 5.75 Å². The minimum Gasteiger partial charge on any atom is -0.497 e. The highest BCUT2D eigenvalue weighted by molar-refractivity contribution is 5.96. The fourth-order valence-corrected chi connectivity index (χ4v) is 4.86. The summed E-state index contributed by atoms with van der Waals surface area (Å²) in [4.78, 5) is 43.0. The number of aryl methyl sites for hydroxylation is 1. The van der Waals surface area contributed by atoms with E-state index in [9.17, 15) is 14.4 Å². The number of methoxy groups -OCH3 is 1. The smallest absolute Gasteiger partial charge is 0.323 e. The Morgan fingerprint density at radius 1 is 1.00 bits per heavy atom. The van der Waals surface area contributed by atoms with Gasteiger partial charge in [-0.1, -0.05) is 24.3 Å². The van der Waals surface area contributed by atoms with E-state index in [1.165, 1.54) is 9.80 Å². The lowest BCUT2D eigenvalue weighted by molar-refractivity contribution is -0.141. The Labute approximate surface area is 212 Å². The maximum absolute atomic E-state index is 13.5. The van der Waals surface area contributed by atoms with Crippen molar-refractivity contribution < 1.29 is 19.1 Å². The zero-order valence-corrected chi connectivity index (χ0v) is 20.9. The molecule has 9 heteroatoms. The molecule has 1 unspecified atom stereocenters. The van der Waals surface area contributed by atoms with Gasteiger partial charge in [-0.3, -0.25) is 14.5 Å². The van der Waals surface area contributed by atoms with Gasteiger partial charge in [-0.05, 0) is 68.0 Å². The number of rotatable bonds is 6. The van der Waals surface area contributed by atoms with Crippen LogP contribution in [0.25, 0.3) is 0 Å². The van der Waals surface area contributed by atoms with E-state index in [-0.39, 0.29) is 43.4 Å². The van der Waals surface area contributed by atoms with Crippen molar-refractivity contribution in [3.05, 3.63) is 59.7 Å². The summed E-state index contributed by atoms with van der Waals surface area (Å²) in [6.07, 6.45) is 2.36. The molecule has 1 heterocycles. The third kappa shape index (κ3) is 6.15. The average Bonchev–Trinajstić information content (AvgIpc) is 3.32. The lowest BCUT2D eigenvalue weighted by Gasteiger charge is -2.32. The fourth-order valence-electron chi connectivity index (χ4n) is 4.86. The average molecular weight is 494 g/mol. The highest BCUT2D eigenvalue weighted by Gasteiger charge is 2.43. The number of hydrogen-bond acceptors (Lipinski definition) is 5. The number of urea groups is 1. The summed E-state index contributed by atoms with van der Waals surface area (Å²) in [6, 6.07) is 14.4. The van der Waals surface area contributed by atoms with Crippen LogP contribution in [0.1, 0.15) is 36.8 Å². The molecule has 2 fully saturated rings. The van der Waals surface area contributed by atoms with Gasteiger partial charge in [0.2, 0.25) is 5.91 Å². The molecule has 36 heavy (non-hydrogen) atoms. The van der Waals surface area contributed by atoms with Crippen LogP contribution in [0.3, 0.4) is 0 Å². The molecule has 1 aliphatic carbocycles. The Morgan fingerprint density at radius 2 is 1.69 bits per heavy atom. The molecule has 1 atom stereocenters. The molecule has 1 aliphatic heterocycles.